The fraction of sp³-hybridized carbons (Fsp3) is 0.154. The molecule has 0 aliphatic carbocycles. The lowest BCUT2D eigenvalue weighted by Gasteiger charge is -2.09. The quantitative estimate of drug-likeness (QED) is 0.861. The molecule has 0 radical (unpaired) electrons. The number of hydrogen-bond acceptors (Lipinski definition) is 3. The molecule has 0 spiro atoms. The first kappa shape index (κ1) is 16.7. The van der Waals surface area contributed by atoms with Gasteiger partial charge in [-0.15, -0.1) is 0 Å². The van der Waals surface area contributed by atoms with Crippen molar-refractivity contribution in [2.75, 3.05) is 0 Å². The van der Waals surface area contributed by atoms with E-state index >= 15 is 0 Å². The summed E-state index contributed by atoms with van der Waals surface area (Å²) in [6, 6.07) is 6.83. The Labute approximate surface area is 130 Å². The molecule has 2 rings (SSSR count). The standard InChI is InChI=1S/C13H10ClF3N2O2S/c14-12-6-5-11(8-18-12)22(20,21)19-7-9-1-3-10(4-2-9)13(15,16)17/h1-6,8,19H,7H2. The molecule has 22 heavy (non-hydrogen) atoms. The zero-order valence-corrected chi connectivity index (χ0v) is 12.5. The van der Waals surface area contributed by atoms with Crippen molar-refractivity contribution in [2.24, 2.45) is 0 Å². The molecule has 1 aromatic heterocycles. The van der Waals surface area contributed by atoms with Crippen LogP contribution in [-0.4, -0.2) is 13.4 Å². The number of benzene rings is 1. The molecule has 118 valence electrons. The van der Waals surface area contributed by atoms with E-state index in [0.717, 1.165) is 18.3 Å². The predicted octanol–water partition coefficient (Wildman–Crippen LogP) is 3.23. The minimum Gasteiger partial charge on any atom is -0.243 e. The van der Waals surface area contributed by atoms with Crippen LogP contribution in [0.1, 0.15) is 11.1 Å². The molecule has 0 saturated heterocycles. The molecule has 4 nitrogen and oxygen atoms in total. The van der Waals surface area contributed by atoms with E-state index in [0.29, 0.717) is 5.56 Å². The van der Waals surface area contributed by atoms with Crippen molar-refractivity contribution in [2.45, 2.75) is 17.6 Å². The maximum absolute atomic E-state index is 12.4. The second kappa shape index (κ2) is 6.23. The average molecular weight is 351 g/mol. The van der Waals surface area contributed by atoms with Gasteiger partial charge in [0.1, 0.15) is 10.0 Å². The van der Waals surface area contributed by atoms with Crippen LogP contribution in [0, 0.1) is 0 Å². The maximum Gasteiger partial charge on any atom is 0.416 e. The zero-order valence-electron chi connectivity index (χ0n) is 10.9. The molecule has 0 unspecified atom stereocenters. The van der Waals surface area contributed by atoms with Crippen LogP contribution in [-0.2, 0) is 22.7 Å². The lowest BCUT2D eigenvalue weighted by Crippen LogP contribution is -2.23. The Morgan fingerprint density at radius 1 is 1.09 bits per heavy atom. The molecule has 0 fully saturated rings. The van der Waals surface area contributed by atoms with Crippen molar-refractivity contribution in [3.8, 4) is 0 Å². The topological polar surface area (TPSA) is 59.1 Å². The summed E-state index contributed by atoms with van der Waals surface area (Å²) in [5.41, 5.74) is -0.389. The van der Waals surface area contributed by atoms with Crippen molar-refractivity contribution in [3.05, 3.63) is 58.9 Å². The van der Waals surface area contributed by atoms with Crippen molar-refractivity contribution < 1.29 is 21.6 Å². The molecular weight excluding hydrogens is 341 g/mol. The molecule has 1 aromatic carbocycles. The van der Waals surface area contributed by atoms with Gasteiger partial charge in [-0.05, 0) is 29.8 Å². The van der Waals surface area contributed by atoms with E-state index in [4.69, 9.17) is 11.6 Å². The highest BCUT2D eigenvalue weighted by Gasteiger charge is 2.29. The molecule has 1 N–H and O–H groups in total. The van der Waals surface area contributed by atoms with Crippen molar-refractivity contribution >= 4 is 21.6 Å². The lowest BCUT2D eigenvalue weighted by atomic mass is 10.1. The summed E-state index contributed by atoms with van der Waals surface area (Å²) in [7, 11) is -3.81. The normalized spacial score (nSPS) is 12.4. The van der Waals surface area contributed by atoms with Gasteiger partial charge in [0.15, 0.2) is 0 Å². The predicted molar refractivity (Wildman–Crippen MR) is 74.7 cm³/mol. The number of halogens is 4. The van der Waals surface area contributed by atoms with Crippen LogP contribution in [0.5, 0.6) is 0 Å². The molecular formula is C13H10ClF3N2O2S. The van der Waals surface area contributed by atoms with Gasteiger partial charge in [0.05, 0.1) is 5.56 Å². The second-order valence-electron chi connectivity index (χ2n) is 4.34. The minimum atomic E-state index is -4.42. The first-order chi connectivity index (χ1) is 10.2. The first-order valence-electron chi connectivity index (χ1n) is 5.96. The zero-order chi connectivity index (χ0) is 16.4. The SMILES string of the molecule is O=S(=O)(NCc1ccc(C(F)(F)F)cc1)c1ccc(Cl)nc1. The number of pyridine rings is 1. The van der Waals surface area contributed by atoms with Gasteiger partial charge in [-0.3, -0.25) is 0 Å². The van der Waals surface area contributed by atoms with E-state index < -0.39 is 21.8 Å². The summed E-state index contributed by atoms with van der Waals surface area (Å²) >= 11 is 5.57. The third-order valence-corrected chi connectivity index (χ3v) is 4.37. The van der Waals surface area contributed by atoms with Crippen LogP contribution in [0.4, 0.5) is 13.2 Å². The Bertz CT molecular complexity index is 744. The van der Waals surface area contributed by atoms with Gasteiger partial charge in [-0.25, -0.2) is 18.1 Å². The number of rotatable bonds is 4. The van der Waals surface area contributed by atoms with E-state index in [-0.39, 0.29) is 16.6 Å². The highest BCUT2D eigenvalue weighted by molar-refractivity contribution is 7.89. The molecule has 0 bridgehead atoms. The van der Waals surface area contributed by atoms with E-state index in [2.05, 4.69) is 9.71 Å². The highest BCUT2D eigenvalue weighted by Crippen LogP contribution is 2.29. The molecule has 2 aromatic rings. The summed E-state index contributed by atoms with van der Waals surface area (Å²) < 4.78 is 63.5. The fourth-order valence-corrected chi connectivity index (χ4v) is 2.67. The molecule has 0 aliphatic heterocycles. The summed E-state index contributed by atoms with van der Waals surface area (Å²) in [6.07, 6.45) is -3.33. The molecule has 0 aliphatic rings. The number of sulfonamides is 1. The Morgan fingerprint density at radius 2 is 1.73 bits per heavy atom. The average Bonchev–Trinajstić information content (AvgIpc) is 2.45. The van der Waals surface area contributed by atoms with Crippen LogP contribution in [0.2, 0.25) is 5.15 Å². The second-order valence-corrected chi connectivity index (χ2v) is 6.49. The molecule has 1 heterocycles. The molecule has 0 amide bonds. The molecule has 9 heteroatoms. The maximum atomic E-state index is 12.4. The van der Waals surface area contributed by atoms with Gasteiger partial charge in [-0.1, -0.05) is 23.7 Å². The smallest absolute Gasteiger partial charge is 0.243 e. The van der Waals surface area contributed by atoms with Crippen LogP contribution >= 0.6 is 11.6 Å². The fourth-order valence-electron chi connectivity index (χ4n) is 1.59. The molecule has 0 atom stereocenters. The summed E-state index contributed by atoms with van der Waals surface area (Å²) in [6.45, 7) is -0.136. The van der Waals surface area contributed by atoms with E-state index in [1.807, 2.05) is 0 Å². The highest BCUT2D eigenvalue weighted by atomic mass is 35.5. The first-order valence-corrected chi connectivity index (χ1v) is 7.82. The van der Waals surface area contributed by atoms with Crippen molar-refractivity contribution in [3.63, 3.8) is 0 Å². The number of nitrogens with one attached hydrogen (secondary N) is 1. The Balaban J connectivity index is 2.07. The number of aromatic nitrogens is 1. The third-order valence-electron chi connectivity index (χ3n) is 2.76. The van der Waals surface area contributed by atoms with E-state index in [1.165, 1.54) is 24.3 Å². The van der Waals surface area contributed by atoms with Gasteiger partial charge in [-0.2, -0.15) is 13.2 Å². The monoisotopic (exact) mass is 350 g/mol. The van der Waals surface area contributed by atoms with Crippen LogP contribution < -0.4 is 4.72 Å². The van der Waals surface area contributed by atoms with Gasteiger partial charge < -0.3 is 0 Å². The third kappa shape index (κ3) is 4.19. The molecule has 0 saturated carbocycles. The van der Waals surface area contributed by atoms with Crippen LogP contribution in [0.15, 0.2) is 47.5 Å². The summed E-state index contributed by atoms with van der Waals surface area (Å²) in [5.74, 6) is 0. The van der Waals surface area contributed by atoms with Crippen molar-refractivity contribution in [1.29, 1.82) is 0 Å². The number of hydrogen-bond donors (Lipinski definition) is 1. The van der Waals surface area contributed by atoms with Gasteiger partial charge in [0.2, 0.25) is 10.0 Å². The summed E-state index contributed by atoms with van der Waals surface area (Å²) in [4.78, 5) is 3.58. The van der Waals surface area contributed by atoms with Gasteiger partial charge in [0.25, 0.3) is 0 Å². The number of nitrogens with zero attached hydrogens (tertiary/aromatic N) is 1. The van der Waals surface area contributed by atoms with Gasteiger partial charge in [0, 0.05) is 12.7 Å². The number of alkyl halides is 3. The largest absolute Gasteiger partial charge is 0.416 e. The van der Waals surface area contributed by atoms with Crippen LogP contribution in [0.3, 0.4) is 0 Å². The Hall–Kier alpha value is -1.64. The van der Waals surface area contributed by atoms with Crippen molar-refractivity contribution in [1.82, 2.24) is 9.71 Å². The Kier molecular flexibility index (Phi) is 4.74. The van der Waals surface area contributed by atoms with Gasteiger partial charge >= 0.3 is 6.18 Å². The summed E-state index contributed by atoms with van der Waals surface area (Å²) in [5, 5.41) is 0.154. The van der Waals surface area contributed by atoms with E-state index in [9.17, 15) is 21.6 Å². The lowest BCUT2D eigenvalue weighted by molar-refractivity contribution is -0.137. The Morgan fingerprint density at radius 3 is 2.23 bits per heavy atom. The van der Waals surface area contributed by atoms with E-state index in [1.54, 1.807) is 0 Å². The minimum absolute atomic E-state index is 0.0798. The van der Waals surface area contributed by atoms with Crippen LogP contribution in [0.25, 0.3) is 0 Å².